The van der Waals surface area contributed by atoms with E-state index in [1.165, 1.54) is 19.1 Å². The van der Waals surface area contributed by atoms with E-state index in [0.717, 1.165) is 11.6 Å². The summed E-state index contributed by atoms with van der Waals surface area (Å²) in [5.74, 6) is -0.997. The fourth-order valence-corrected chi connectivity index (χ4v) is 1.93. The second kappa shape index (κ2) is 7.40. The molecule has 2 aromatic rings. The van der Waals surface area contributed by atoms with Crippen LogP contribution in [0.2, 0.25) is 0 Å². The summed E-state index contributed by atoms with van der Waals surface area (Å²) in [7, 11) is 1.55. The molecule has 0 atom stereocenters. The Morgan fingerprint density at radius 1 is 1.17 bits per heavy atom. The normalized spacial score (nSPS) is 10.0. The van der Waals surface area contributed by atoms with Gasteiger partial charge in [0, 0.05) is 6.92 Å². The van der Waals surface area contributed by atoms with Crippen LogP contribution in [0.4, 0.5) is 10.1 Å². The van der Waals surface area contributed by atoms with Crippen molar-refractivity contribution in [2.75, 3.05) is 12.4 Å². The molecule has 0 aliphatic heterocycles. The number of esters is 1. The number of ether oxygens (including phenoxy) is 2. The number of carbonyl (C=O) groups is 2. The molecule has 0 spiro atoms. The number of amides is 1. The van der Waals surface area contributed by atoms with Gasteiger partial charge in [0.05, 0.1) is 18.4 Å². The zero-order chi connectivity index (χ0) is 16.8. The Balaban J connectivity index is 2.06. The molecule has 0 unspecified atom stereocenters. The largest absolute Gasteiger partial charge is 0.497 e. The standard InChI is InChI=1S/C17H16FNO4/c1-11(20)19-16-9-13(6-7-15(16)18)17(21)23-10-12-4-3-5-14(8-12)22-2/h3-9H,10H2,1-2H3,(H,19,20). The smallest absolute Gasteiger partial charge is 0.338 e. The average Bonchev–Trinajstić information content (AvgIpc) is 2.54. The van der Waals surface area contributed by atoms with Crippen LogP contribution in [0.3, 0.4) is 0 Å². The fourth-order valence-electron chi connectivity index (χ4n) is 1.93. The third-order valence-corrected chi connectivity index (χ3v) is 3.02. The van der Waals surface area contributed by atoms with E-state index < -0.39 is 17.7 Å². The highest BCUT2D eigenvalue weighted by molar-refractivity contribution is 5.93. The predicted molar refractivity (Wildman–Crippen MR) is 82.8 cm³/mol. The average molecular weight is 317 g/mol. The number of carbonyl (C=O) groups excluding carboxylic acids is 2. The third kappa shape index (κ3) is 4.54. The van der Waals surface area contributed by atoms with Crippen molar-refractivity contribution in [1.82, 2.24) is 0 Å². The molecule has 0 heterocycles. The molecule has 120 valence electrons. The van der Waals surface area contributed by atoms with Gasteiger partial charge in [-0.15, -0.1) is 0 Å². The molecule has 6 heteroatoms. The van der Waals surface area contributed by atoms with Gasteiger partial charge in [-0.2, -0.15) is 0 Å². The fraction of sp³-hybridized carbons (Fsp3) is 0.176. The van der Waals surface area contributed by atoms with Gasteiger partial charge in [0.2, 0.25) is 5.91 Å². The van der Waals surface area contributed by atoms with E-state index in [4.69, 9.17) is 9.47 Å². The zero-order valence-electron chi connectivity index (χ0n) is 12.8. The Morgan fingerprint density at radius 2 is 1.96 bits per heavy atom. The molecule has 0 saturated heterocycles. The van der Waals surface area contributed by atoms with E-state index in [2.05, 4.69) is 5.32 Å². The first-order chi connectivity index (χ1) is 11.0. The maximum atomic E-state index is 13.5. The SMILES string of the molecule is COc1cccc(COC(=O)c2ccc(F)c(NC(C)=O)c2)c1. The molecule has 23 heavy (non-hydrogen) atoms. The van der Waals surface area contributed by atoms with E-state index in [9.17, 15) is 14.0 Å². The number of benzene rings is 2. The van der Waals surface area contributed by atoms with Crippen molar-refractivity contribution in [3.8, 4) is 5.75 Å². The molecule has 0 fully saturated rings. The number of anilines is 1. The molecule has 1 N–H and O–H groups in total. The van der Waals surface area contributed by atoms with Crippen LogP contribution in [0, 0.1) is 5.82 Å². The summed E-state index contributed by atoms with van der Waals surface area (Å²) in [4.78, 5) is 23.0. The van der Waals surface area contributed by atoms with Gasteiger partial charge in [0.15, 0.2) is 0 Å². The number of halogens is 1. The Kier molecular flexibility index (Phi) is 5.30. The summed E-state index contributed by atoms with van der Waals surface area (Å²) < 4.78 is 23.8. The lowest BCUT2D eigenvalue weighted by molar-refractivity contribution is -0.114. The number of hydrogen-bond acceptors (Lipinski definition) is 4. The highest BCUT2D eigenvalue weighted by Gasteiger charge is 2.12. The summed E-state index contributed by atoms with van der Waals surface area (Å²) in [5, 5.41) is 2.32. The molecule has 2 rings (SSSR count). The summed E-state index contributed by atoms with van der Waals surface area (Å²) in [6, 6.07) is 10.8. The highest BCUT2D eigenvalue weighted by Crippen LogP contribution is 2.18. The van der Waals surface area contributed by atoms with E-state index in [1.807, 2.05) is 0 Å². The molecule has 0 saturated carbocycles. The van der Waals surface area contributed by atoms with Crippen LogP contribution in [0.5, 0.6) is 5.75 Å². The quantitative estimate of drug-likeness (QED) is 0.860. The minimum absolute atomic E-state index is 0.0584. The van der Waals surface area contributed by atoms with Crippen molar-refractivity contribution in [1.29, 1.82) is 0 Å². The van der Waals surface area contributed by atoms with Crippen molar-refractivity contribution < 1.29 is 23.5 Å². The lowest BCUT2D eigenvalue weighted by Crippen LogP contribution is -2.10. The monoisotopic (exact) mass is 317 g/mol. The number of methoxy groups -OCH3 is 1. The van der Waals surface area contributed by atoms with E-state index >= 15 is 0 Å². The first-order valence-corrected chi connectivity index (χ1v) is 6.87. The van der Waals surface area contributed by atoms with Crippen LogP contribution in [0.15, 0.2) is 42.5 Å². The van der Waals surface area contributed by atoms with Crippen molar-refractivity contribution >= 4 is 17.6 Å². The Bertz CT molecular complexity index is 730. The molecule has 0 aliphatic carbocycles. The number of hydrogen-bond donors (Lipinski definition) is 1. The molecular formula is C17H16FNO4. The van der Waals surface area contributed by atoms with Crippen LogP contribution in [0.1, 0.15) is 22.8 Å². The summed E-state index contributed by atoms with van der Waals surface area (Å²) in [6.45, 7) is 1.32. The summed E-state index contributed by atoms with van der Waals surface area (Å²) in [5.41, 5.74) is 0.855. The van der Waals surface area contributed by atoms with E-state index in [1.54, 1.807) is 31.4 Å². The number of nitrogens with one attached hydrogen (secondary N) is 1. The van der Waals surface area contributed by atoms with E-state index in [0.29, 0.717) is 5.75 Å². The first-order valence-electron chi connectivity index (χ1n) is 6.87. The second-order valence-electron chi connectivity index (χ2n) is 4.80. The second-order valence-corrected chi connectivity index (χ2v) is 4.80. The lowest BCUT2D eigenvalue weighted by atomic mass is 10.2. The van der Waals surface area contributed by atoms with Crippen molar-refractivity contribution in [2.24, 2.45) is 0 Å². The molecule has 0 aromatic heterocycles. The molecule has 1 amide bonds. The topological polar surface area (TPSA) is 64.6 Å². The summed E-state index contributed by atoms with van der Waals surface area (Å²) >= 11 is 0. The molecule has 2 aromatic carbocycles. The molecule has 5 nitrogen and oxygen atoms in total. The Morgan fingerprint density at radius 3 is 2.65 bits per heavy atom. The molecule has 0 aliphatic rings. The lowest BCUT2D eigenvalue weighted by Gasteiger charge is -2.09. The van der Waals surface area contributed by atoms with Gasteiger partial charge >= 0.3 is 5.97 Å². The van der Waals surface area contributed by atoms with Gasteiger partial charge in [-0.05, 0) is 35.9 Å². The van der Waals surface area contributed by atoms with Gasteiger partial charge in [-0.1, -0.05) is 12.1 Å². The molecular weight excluding hydrogens is 301 g/mol. The van der Waals surface area contributed by atoms with Gasteiger partial charge in [-0.3, -0.25) is 4.79 Å². The highest BCUT2D eigenvalue weighted by atomic mass is 19.1. The van der Waals surface area contributed by atoms with Gasteiger partial charge in [0.25, 0.3) is 0 Å². The van der Waals surface area contributed by atoms with Crippen molar-refractivity contribution in [3.63, 3.8) is 0 Å². The van der Waals surface area contributed by atoms with Crippen LogP contribution in [0.25, 0.3) is 0 Å². The predicted octanol–water partition coefficient (Wildman–Crippen LogP) is 3.15. The maximum Gasteiger partial charge on any atom is 0.338 e. The first kappa shape index (κ1) is 16.5. The zero-order valence-corrected chi connectivity index (χ0v) is 12.8. The van der Waals surface area contributed by atoms with Crippen molar-refractivity contribution in [2.45, 2.75) is 13.5 Å². The van der Waals surface area contributed by atoms with Gasteiger partial charge in [-0.25, -0.2) is 9.18 Å². The Hall–Kier alpha value is -2.89. The van der Waals surface area contributed by atoms with Gasteiger partial charge in [0.1, 0.15) is 18.2 Å². The van der Waals surface area contributed by atoms with Crippen LogP contribution in [-0.4, -0.2) is 19.0 Å². The minimum atomic E-state index is -0.621. The molecule has 0 radical (unpaired) electrons. The number of rotatable bonds is 5. The van der Waals surface area contributed by atoms with Crippen LogP contribution in [-0.2, 0) is 16.1 Å². The Labute approximate surface area is 133 Å². The van der Waals surface area contributed by atoms with E-state index in [-0.39, 0.29) is 17.9 Å². The summed E-state index contributed by atoms with van der Waals surface area (Å²) in [6.07, 6.45) is 0. The molecule has 0 bridgehead atoms. The van der Waals surface area contributed by atoms with Crippen molar-refractivity contribution in [3.05, 3.63) is 59.4 Å². The maximum absolute atomic E-state index is 13.5. The minimum Gasteiger partial charge on any atom is -0.497 e. The van der Waals surface area contributed by atoms with Crippen LogP contribution >= 0.6 is 0 Å². The van der Waals surface area contributed by atoms with Gasteiger partial charge < -0.3 is 14.8 Å². The third-order valence-electron chi connectivity index (χ3n) is 3.02. The van der Waals surface area contributed by atoms with Crippen LogP contribution < -0.4 is 10.1 Å².